The summed E-state index contributed by atoms with van der Waals surface area (Å²) in [5.74, 6) is -0.996. The lowest BCUT2D eigenvalue weighted by Gasteiger charge is -2.16. The minimum absolute atomic E-state index is 0.121. The number of carbonyl (C=O) groups excluding carboxylic acids is 2. The van der Waals surface area contributed by atoms with Gasteiger partial charge < -0.3 is 4.74 Å². The quantitative estimate of drug-likeness (QED) is 0.112. The van der Waals surface area contributed by atoms with Crippen molar-refractivity contribution < 1.29 is 19.2 Å². The molecular formula is C28H20ClN5O5S2. The molecule has 1 N–H and O–H groups in total. The Morgan fingerprint density at radius 2 is 1.90 bits per heavy atom. The van der Waals surface area contributed by atoms with Gasteiger partial charge in [0.1, 0.15) is 5.69 Å². The van der Waals surface area contributed by atoms with Crippen LogP contribution in [0.25, 0.3) is 23.0 Å². The van der Waals surface area contributed by atoms with Gasteiger partial charge in [-0.1, -0.05) is 53.7 Å². The molecule has 0 spiro atoms. The summed E-state index contributed by atoms with van der Waals surface area (Å²) in [5, 5.41) is 17.7. The number of nitrogens with one attached hydrogen (secondary N) is 1. The molecule has 1 aliphatic rings. The van der Waals surface area contributed by atoms with Crippen LogP contribution < -0.4 is 10.2 Å². The van der Waals surface area contributed by atoms with Gasteiger partial charge >= 0.3 is 5.69 Å². The van der Waals surface area contributed by atoms with Crippen LogP contribution in [0.15, 0.2) is 83.9 Å². The second kappa shape index (κ2) is 11.9. The zero-order valence-electron chi connectivity index (χ0n) is 21.3. The van der Waals surface area contributed by atoms with Crippen molar-refractivity contribution in [2.24, 2.45) is 0 Å². The number of benzene rings is 3. The van der Waals surface area contributed by atoms with Gasteiger partial charge in [0, 0.05) is 23.4 Å². The van der Waals surface area contributed by atoms with Crippen LogP contribution >= 0.6 is 35.6 Å². The lowest BCUT2D eigenvalue weighted by atomic mass is 10.1. The van der Waals surface area contributed by atoms with Gasteiger partial charge in [0.15, 0.2) is 10.1 Å². The highest BCUT2D eigenvalue weighted by Gasteiger charge is 2.34. The van der Waals surface area contributed by atoms with E-state index in [9.17, 15) is 19.7 Å². The molecule has 1 aromatic heterocycles. The second-order valence-corrected chi connectivity index (χ2v) is 10.6. The second-order valence-electron chi connectivity index (χ2n) is 8.52. The van der Waals surface area contributed by atoms with E-state index in [1.165, 1.54) is 18.2 Å². The van der Waals surface area contributed by atoms with Crippen LogP contribution in [0.2, 0.25) is 5.02 Å². The molecule has 1 saturated heterocycles. The van der Waals surface area contributed by atoms with E-state index in [-0.39, 0.29) is 37.9 Å². The van der Waals surface area contributed by atoms with Crippen LogP contribution in [0.1, 0.15) is 22.8 Å². The summed E-state index contributed by atoms with van der Waals surface area (Å²) < 4.78 is 7.16. The van der Waals surface area contributed by atoms with E-state index in [1.807, 2.05) is 30.3 Å². The summed E-state index contributed by atoms with van der Waals surface area (Å²) in [7, 11) is 0. The molecule has 10 nitrogen and oxygen atoms in total. The third-order valence-corrected chi connectivity index (χ3v) is 7.54. The Morgan fingerprint density at radius 3 is 2.61 bits per heavy atom. The van der Waals surface area contributed by atoms with Gasteiger partial charge in [0.25, 0.3) is 11.8 Å². The van der Waals surface area contributed by atoms with Crippen LogP contribution in [0, 0.1) is 10.1 Å². The molecule has 206 valence electrons. The molecule has 1 aliphatic heterocycles. The molecule has 1 fully saturated rings. The first kappa shape index (κ1) is 28.0. The van der Waals surface area contributed by atoms with Crippen molar-refractivity contribution in [2.45, 2.75) is 6.92 Å². The van der Waals surface area contributed by atoms with Crippen LogP contribution in [0.4, 0.5) is 5.69 Å². The van der Waals surface area contributed by atoms with E-state index in [2.05, 4.69) is 10.5 Å². The van der Waals surface area contributed by atoms with Crippen molar-refractivity contribution in [1.29, 1.82) is 0 Å². The van der Waals surface area contributed by atoms with Gasteiger partial charge in [-0.25, -0.2) is 4.68 Å². The average Bonchev–Trinajstić information content (AvgIpc) is 3.50. The van der Waals surface area contributed by atoms with Crippen LogP contribution in [0.3, 0.4) is 0 Å². The van der Waals surface area contributed by atoms with E-state index in [0.717, 1.165) is 22.5 Å². The van der Waals surface area contributed by atoms with Crippen molar-refractivity contribution >= 4 is 63.5 Å². The van der Waals surface area contributed by atoms with Gasteiger partial charge in [-0.2, -0.15) is 10.1 Å². The van der Waals surface area contributed by atoms with Gasteiger partial charge in [0.05, 0.1) is 32.7 Å². The molecule has 0 unspecified atom stereocenters. The Hall–Kier alpha value is -4.52. The summed E-state index contributed by atoms with van der Waals surface area (Å²) in [4.78, 5) is 37.6. The lowest BCUT2D eigenvalue weighted by molar-refractivity contribution is -0.385. The van der Waals surface area contributed by atoms with Crippen molar-refractivity contribution in [3.8, 4) is 22.7 Å². The molecule has 5 rings (SSSR count). The third kappa shape index (κ3) is 5.85. The highest BCUT2D eigenvalue weighted by atomic mass is 35.5. The molecule has 13 heteroatoms. The minimum atomic E-state index is -0.590. The standard InChI is InChI=1S/C28H20ClN5O5S2/c1-2-39-23-13-12-17(14-22(23)34(37)38)25-18(16-32(30-25)19-8-4-3-5-9-19)15-24-27(36)33(28(40)41-24)31-26(35)20-10-6-7-11-21(20)29/h3-16H,2H2,1H3,(H,31,35)/b24-15-. The Labute approximate surface area is 248 Å². The summed E-state index contributed by atoms with van der Waals surface area (Å²) in [5.41, 5.74) is 4.59. The fourth-order valence-electron chi connectivity index (χ4n) is 4.03. The van der Waals surface area contributed by atoms with E-state index in [4.69, 9.17) is 28.6 Å². The molecule has 0 radical (unpaired) electrons. The van der Waals surface area contributed by atoms with Crippen LogP contribution in [0.5, 0.6) is 5.75 Å². The number of hydrogen-bond acceptors (Lipinski definition) is 8. The smallest absolute Gasteiger partial charge is 0.311 e. The number of nitrogens with zero attached hydrogens (tertiary/aromatic N) is 4. The highest BCUT2D eigenvalue weighted by molar-refractivity contribution is 8.26. The Kier molecular flexibility index (Phi) is 8.15. The van der Waals surface area contributed by atoms with Crippen LogP contribution in [-0.4, -0.2) is 42.5 Å². The molecule has 4 aromatic rings. The number of nitro benzene ring substituents is 1. The normalized spacial score (nSPS) is 14.0. The van der Waals surface area contributed by atoms with Gasteiger partial charge in [0.2, 0.25) is 0 Å². The number of ether oxygens (including phenoxy) is 1. The fourth-order valence-corrected chi connectivity index (χ4v) is 5.42. The SMILES string of the molecule is CCOc1ccc(-c2nn(-c3ccccc3)cc2/C=C2\SC(=S)N(NC(=O)c3ccccc3Cl)C2=O)cc1[N+](=O)[O-]. The van der Waals surface area contributed by atoms with E-state index >= 15 is 0 Å². The van der Waals surface area contributed by atoms with Gasteiger partial charge in [-0.05, 0) is 61.6 Å². The van der Waals surface area contributed by atoms with Gasteiger partial charge in [-0.3, -0.25) is 25.1 Å². The maximum absolute atomic E-state index is 13.3. The van der Waals surface area contributed by atoms with Crippen molar-refractivity contribution in [3.05, 3.63) is 110 Å². The number of thioether (sulfide) groups is 1. The third-order valence-electron chi connectivity index (χ3n) is 5.90. The number of hydrogen-bond donors (Lipinski definition) is 1. The summed E-state index contributed by atoms with van der Waals surface area (Å²) >= 11 is 12.5. The largest absolute Gasteiger partial charge is 0.487 e. The maximum atomic E-state index is 13.3. The Morgan fingerprint density at radius 1 is 1.17 bits per heavy atom. The Bertz CT molecular complexity index is 1720. The molecular weight excluding hydrogens is 586 g/mol. The number of thiocarbonyl (C=S) groups is 1. The van der Waals surface area contributed by atoms with Crippen molar-refractivity contribution in [3.63, 3.8) is 0 Å². The highest BCUT2D eigenvalue weighted by Crippen LogP contribution is 2.37. The number of rotatable bonds is 8. The van der Waals surface area contributed by atoms with E-state index in [1.54, 1.807) is 48.1 Å². The molecule has 41 heavy (non-hydrogen) atoms. The number of aromatic nitrogens is 2. The number of amides is 2. The predicted octanol–water partition coefficient (Wildman–Crippen LogP) is 6.05. The zero-order chi connectivity index (χ0) is 29.1. The molecule has 0 aliphatic carbocycles. The van der Waals surface area contributed by atoms with Crippen LogP contribution in [-0.2, 0) is 4.79 Å². The summed E-state index contributed by atoms with van der Waals surface area (Å²) in [6.45, 7) is 2.01. The molecule has 3 aromatic carbocycles. The molecule has 2 amide bonds. The fraction of sp³-hybridized carbons (Fsp3) is 0.0714. The average molecular weight is 606 g/mol. The summed E-state index contributed by atoms with van der Waals surface area (Å²) in [6.07, 6.45) is 3.30. The maximum Gasteiger partial charge on any atom is 0.311 e. The number of para-hydroxylation sites is 1. The number of halogens is 1. The molecule has 2 heterocycles. The monoisotopic (exact) mass is 605 g/mol. The van der Waals surface area contributed by atoms with Crippen molar-refractivity contribution in [1.82, 2.24) is 20.2 Å². The first-order valence-corrected chi connectivity index (χ1v) is 13.8. The summed E-state index contributed by atoms with van der Waals surface area (Å²) in [6, 6.07) is 20.3. The number of carbonyl (C=O) groups is 2. The minimum Gasteiger partial charge on any atom is -0.487 e. The number of hydrazine groups is 1. The zero-order valence-corrected chi connectivity index (χ0v) is 23.7. The van der Waals surface area contributed by atoms with E-state index in [0.29, 0.717) is 16.8 Å². The van der Waals surface area contributed by atoms with E-state index < -0.39 is 16.7 Å². The molecule has 0 atom stereocenters. The van der Waals surface area contributed by atoms with Gasteiger partial charge in [-0.15, -0.1) is 0 Å². The number of nitro groups is 1. The van der Waals surface area contributed by atoms with Crippen molar-refractivity contribution in [2.75, 3.05) is 6.61 Å². The molecule has 0 saturated carbocycles. The predicted molar refractivity (Wildman–Crippen MR) is 161 cm³/mol. The Balaban J connectivity index is 1.53. The lowest BCUT2D eigenvalue weighted by Crippen LogP contribution is -2.44. The molecule has 0 bridgehead atoms. The first-order valence-electron chi connectivity index (χ1n) is 12.2. The first-order chi connectivity index (χ1) is 19.8. The topological polar surface area (TPSA) is 120 Å².